The molecule has 48 heavy (non-hydrogen) atoms. The van der Waals surface area contributed by atoms with Crippen molar-refractivity contribution in [3.05, 3.63) is 77.9 Å². The molecule has 0 unspecified atom stereocenters. The van der Waals surface area contributed by atoms with E-state index in [2.05, 4.69) is 9.88 Å². The van der Waals surface area contributed by atoms with Gasteiger partial charge in [-0.2, -0.15) is 0 Å². The third-order valence-electron chi connectivity index (χ3n) is 9.78. The molecule has 3 aromatic rings. The molecule has 11 nitrogen and oxygen atoms in total. The molecule has 0 bridgehead atoms. The highest BCUT2D eigenvalue weighted by Gasteiger charge is 2.39. The number of carbonyl (C=O) groups is 4. The summed E-state index contributed by atoms with van der Waals surface area (Å²) in [5.74, 6) is -1.07. The molecule has 0 radical (unpaired) electrons. The maximum Gasteiger partial charge on any atom is 0.323 e. The van der Waals surface area contributed by atoms with Crippen LogP contribution in [0.4, 0.5) is 11.5 Å². The molecule has 2 aromatic heterocycles. The predicted molar refractivity (Wildman–Crippen MR) is 181 cm³/mol. The lowest BCUT2D eigenvalue weighted by Gasteiger charge is -2.38. The quantitative estimate of drug-likeness (QED) is 0.231. The molecule has 2 amide bonds. The minimum atomic E-state index is -1.09. The standard InChI is InChI=1S/C37H46N4O7/c1-27-12-13-32(38-25-27)41(36(46)31-11-8-22-48-31)29-15-20-39(21-16-29)19-14-28-9-4-5-10-30(28)40(26-34(43)44)33(42)23-37(24-35(45)47-2)17-6-3-7-18-37/h4-5,8-13,22,25,29H,3,6-7,14-21,23-24,26H2,1-2H3,(H,43,44). The number of carboxylic acid groups (broad SMARTS) is 1. The van der Waals surface area contributed by atoms with Crippen molar-refractivity contribution in [2.75, 3.05) is 43.1 Å². The van der Waals surface area contributed by atoms with E-state index in [9.17, 15) is 24.3 Å². The van der Waals surface area contributed by atoms with Crippen LogP contribution in [0.2, 0.25) is 0 Å². The number of pyridine rings is 1. The lowest BCUT2D eigenvalue weighted by Crippen LogP contribution is -2.48. The Morgan fingerprint density at radius 2 is 1.75 bits per heavy atom. The van der Waals surface area contributed by atoms with Gasteiger partial charge in [0.2, 0.25) is 5.91 Å². The van der Waals surface area contributed by atoms with Crippen molar-refractivity contribution in [3.63, 3.8) is 0 Å². The molecule has 256 valence electrons. The van der Waals surface area contributed by atoms with Crippen LogP contribution in [0, 0.1) is 12.3 Å². The summed E-state index contributed by atoms with van der Waals surface area (Å²) in [5.41, 5.74) is 1.96. The summed E-state index contributed by atoms with van der Waals surface area (Å²) in [6.07, 6.45) is 9.98. The second kappa shape index (κ2) is 16.1. The first-order valence-electron chi connectivity index (χ1n) is 16.9. The highest BCUT2D eigenvalue weighted by molar-refractivity contribution is 6.04. The topological polar surface area (TPSA) is 133 Å². The van der Waals surface area contributed by atoms with Gasteiger partial charge in [0.05, 0.1) is 19.8 Å². The number of anilines is 2. The molecule has 0 spiro atoms. The van der Waals surface area contributed by atoms with Crippen molar-refractivity contribution in [3.8, 4) is 0 Å². The molecule has 1 saturated carbocycles. The van der Waals surface area contributed by atoms with Gasteiger partial charge in [-0.3, -0.25) is 24.1 Å². The van der Waals surface area contributed by atoms with Crippen LogP contribution in [-0.2, 0) is 25.5 Å². The number of benzene rings is 1. The number of likely N-dealkylation sites (tertiary alicyclic amines) is 1. The Morgan fingerprint density at radius 3 is 2.40 bits per heavy atom. The van der Waals surface area contributed by atoms with E-state index >= 15 is 0 Å². The van der Waals surface area contributed by atoms with Gasteiger partial charge in [-0.05, 0) is 79.8 Å². The number of carboxylic acids is 1. The lowest BCUT2D eigenvalue weighted by molar-refractivity contribution is -0.145. The summed E-state index contributed by atoms with van der Waals surface area (Å²) < 4.78 is 10.4. The molecular weight excluding hydrogens is 612 g/mol. The Bertz CT molecular complexity index is 1540. The van der Waals surface area contributed by atoms with Gasteiger partial charge in [0.15, 0.2) is 5.76 Å². The number of nitrogens with zero attached hydrogens (tertiary/aromatic N) is 4. The molecule has 5 rings (SSSR count). The molecular formula is C37H46N4O7. The number of hydrogen-bond acceptors (Lipinski definition) is 8. The molecule has 1 N–H and O–H groups in total. The maximum absolute atomic E-state index is 13.9. The largest absolute Gasteiger partial charge is 0.480 e. The number of aryl methyl sites for hydroxylation is 1. The Morgan fingerprint density at radius 1 is 1.00 bits per heavy atom. The number of ether oxygens (including phenoxy) is 1. The highest BCUT2D eigenvalue weighted by atomic mass is 16.5. The molecule has 2 fully saturated rings. The smallest absolute Gasteiger partial charge is 0.323 e. The van der Waals surface area contributed by atoms with Crippen molar-refractivity contribution in [1.82, 2.24) is 9.88 Å². The molecule has 3 heterocycles. The Labute approximate surface area is 281 Å². The Balaban J connectivity index is 1.27. The van der Waals surface area contributed by atoms with Crippen LogP contribution >= 0.6 is 0 Å². The van der Waals surface area contributed by atoms with Crippen molar-refractivity contribution >= 4 is 35.3 Å². The van der Waals surface area contributed by atoms with Gasteiger partial charge in [0.1, 0.15) is 12.4 Å². The van der Waals surface area contributed by atoms with Crippen molar-refractivity contribution in [2.45, 2.75) is 77.2 Å². The van der Waals surface area contributed by atoms with E-state index in [1.165, 1.54) is 18.3 Å². The van der Waals surface area contributed by atoms with E-state index in [0.29, 0.717) is 24.5 Å². The molecule has 1 aliphatic heterocycles. The van der Waals surface area contributed by atoms with Crippen LogP contribution in [0.3, 0.4) is 0 Å². The molecule has 11 heteroatoms. The minimum absolute atomic E-state index is 0.0536. The molecule has 1 aliphatic carbocycles. The van der Waals surface area contributed by atoms with E-state index in [4.69, 9.17) is 9.15 Å². The zero-order valence-electron chi connectivity index (χ0n) is 27.9. The SMILES string of the molecule is COC(=O)CC1(CC(=O)N(CC(=O)O)c2ccccc2CCN2CCC(N(C(=O)c3ccco3)c3ccc(C)cn3)CC2)CCCCC1. The number of hydrogen-bond donors (Lipinski definition) is 1. The third-order valence-corrected chi connectivity index (χ3v) is 9.78. The Kier molecular flexibility index (Phi) is 11.6. The number of aromatic nitrogens is 1. The number of aliphatic carboxylic acids is 1. The monoisotopic (exact) mass is 658 g/mol. The molecule has 1 aromatic carbocycles. The van der Waals surface area contributed by atoms with Gasteiger partial charge < -0.3 is 24.1 Å². The van der Waals surface area contributed by atoms with Crippen molar-refractivity contribution in [1.29, 1.82) is 0 Å². The fraction of sp³-hybridized carbons (Fsp3) is 0.486. The first kappa shape index (κ1) is 34.8. The zero-order valence-corrected chi connectivity index (χ0v) is 27.9. The summed E-state index contributed by atoms with van der Waals surface area (Å²) in [4.78, 5) is 61.8. The normalized spacial score (nSPS) is 16.6. The Hall–Kier alpha value is -4.51. The predicted octanol–water partition coefficient (Wildman–Crippen LogP) is 5.66. The van der Waals surface area contributed by atoms with Crippen LogP contribution < -0.4 is 9.80 Å². The van der Waals surface area contributed by atoms with Gasteiger partial charge in [-0.15, -0.1) is 0 Å². The van der Waals surface area contributed by atoms with E-state index in [1.54, 1.807) is 23.2 Å². The summed E-state index contributed by atoms with van der Waals surface area (Å²) in [5, 5.41) is 9.82. The highest BCUT2D eigenvalue weighted by Crippen LogP contribution is 2.43. The molecule has 2 aliphatic rings. The van der Waals surface area contributed by atoms with E-state index in [-0.39, 0.29) is 42.4 Å². The fourth-order valence-electron chi connectivity index (χ4n) is 7.20. The summed E-state index contributed by atoms with van der Waals surface area (Å²) in [6.45, 7) is 3.73. The number of furan rings is 1. The molecule has 0 atom stereocenters. The van der Waals surface area contributed by atoms with Gasteiger partial charge in [0, 0.05) is 44.0 Å². The van der Waals surface area contributed by atoms with Gasteiger partial charge in [0.25, 0.3) is 5.91 Å². The second-order valence-corrected chi connectivity index (χ2v) is 13.2. The van der Waals surface area contributed by atoms with Crippen LogP contribution in [0.15, 0.2) is 65.4 Å². The summed E-state index contributed by atoms with van der Waals surface area (Å²) in [7, 11) is 1.36. The van der Waals surface area contributed by atoms with Crippen LogP contribution in [0.25, 0.3) is 0 Å². The number of amides is 2. The number of para-hydroxylation sites is 1. The first-order chi connectivity index (χ1) is 23.2. The summed E-state index contributed by atoms with van der Waals surface area (Å²) in [6, 6.07) is 14.6. The second-order valence-electron chi connectivity index (χ2n) is 13.2. The van der Waals surface area contributed by atoms with E-state index < -0.39 is 17.9 Å². The van der Waals surface area contributed by atoms with Crippen LogP contribution in [0.1, 0.15) is 79.5 Å². The van der Waals surface area contributed by atoms with Crippen LogP contribution in [-0.4, -0.2) is 78.1 Å². The van der Waals surface area contributed by atoms with E-state index in [0.717, 1.165) is 69.2 Å². The fourth-order valence-corrected chi connectivity index (χ4v) is 7.20. The van der Waals surface area contributed by atoms with Crippen LogP contribution in [0.5, 0.6) is 0 Å². The van der Waals surface area contributed by atoms with Gasteiger partial charge in [-0.25, -0.2) is 4.98 Å². The number of carbonyl (C=O) groups excluding carboxylic acids is 3. The number of methoxy groups -OCH3 is 1. The minimum Gasteiger partial charge on any atom is -0.480 e. The summed E-state index contributed by atoms with van der Waals surface area (Å²) >= 11 is 0. The van der Waals surface area contributed by atoms with Gasteiger partial charge >= 0.3 is 11.9 Å². The average molecular weight is 659 g/mol. The van der Waals surface area contributed by atoms with Crippen molar-refractivity contribution in [2.24, 2.45) is 5.41 Å². The number of esters is 1. The molecule has 1 saturated heterocycles. The van der Waals surface area contributed by atoms with Gasteiger partial charge in [-0.1, -0.05) is 43.5 Å². The first-order valence-corrected chi connectivity index (χ1v) is 16.9. The third kappa shape index (κ3) is 8.69. The zero-order chi connectivity index (χ0) is 34.1. The number of piperidine rings is 1. The maximum atomic E-state index is 13.9. The van der Waals surface area contributed by atoms with E-state index in [1.807, 2.05) is 43.3 Å². The number of rotatable bonds is 13. The average Bonchev–Trinajstić information content (AvgIpc) is 3.64. The van der Waals surface area contributed by atoms with Crippen molar-refractivity contribution < 1.29 is 33.4 Å². The lowest BCUT2D eigenvalue weighted by atomic mass is 9.69.